The maximum atomic E-state index is 13.8. The maximum absolute atomic E-state index is 13.8. The van der Waals surface area contributed by atoms with E-state index in [4.69, 9.17) is 11.6 Å². The van der Waals surface area contributed by atoms with Crippen molar-refractivity contribution in [2.45, 2.75) is 46.0 Å². The first-order valence-corrected chi connectivity index (χ1v) is 7.00. The Morgan fingerprint density at radius 1 is 1.33 bits per heavy atom. The molecule has 1 atom stereocenters. The predicted molar refractivity (Wildman–Crippen MR) is 74.4 cm³/mol. The van der Waals surface area contributed by atoms with E-state index >= 15 is 0 Å². The van der Waals surface area contributed by atoms with Crippen LogP contribution in [0.5, 0.6) is 0 Å². The molecule has 102 valence electrons. The molecule has 3 heteroatoms. The van der Waals surface area contributed by atoms with Crippen molar-refractivity contribution in [3.05, 3.63) is 34.6 Å². The van der Waals surface area contributed by atoms with Gasteiger partial charge in [-0.15, -0.1) is 0 Å². The minimum Gasteiger partial charge on any atom is -0.396 e. The third kappa shape index (κ3) is 3.69. The first-order valence-electron chi connectivity index (χ1n) is 6.62. The fourth-order valence-electron chi connectivity index (χ4n) is 2.26. The molecule has 1 nitrogen and oxygen atoms in total. The number of halogens is 2. The molecule has 0 heterocycles. The molecule has 0 aliphatic heterocycles. The Bertz CT molecular complexity index is 355. The van der Waals surface area contributed by atoms with Crippen molar-refractivity contribution in [3.8, 4) is 0 Å². The summed E-state index contributed by atoms with van der Waals surface area (Å²) in [5, 5.41) is 10.1. The Labute approximate surface area is 114 Å². The SMILES string of the molecule is CCCCC(CC)(CO)Cc1c(F)cccc1Cl. The van der Waals surface area contributed by atoms with Gasteiger partial charge in [-0.05, 0) is 36.8 Å². The molecule has 1 aromatic carbocycles. The summed E-state index contributed by atoms with van der Waals surface area (Å²) in [7, 11) is 0. The summed E-state index contributed by atoms with van der Waals surface area (Å²) < 4.78 is 13.8. The van der Waals surface area contributed by atoms with Crippen LogP contribution in [0.3, 0.4) is 0 Å². The van der Waals surface area contributed by atoms with E-state index in [2.05, 4.69) is 6.92 Å². The Morgan fingerprint density at radius 3 is 2.56 bits per heavy atom. The Morgan fingerprint density at radius 2 is 2.06 bits per heavy atom. The van der Waals surface area contributed by atoms with Crippen molar-refractivity contribution < 1.29 is 9.50 Å². The van der Waals surface area contributed by atoms with Crippen LogP contribution in [-0.2, 0) is 6.42 Å². The predicted octanol–water partition coefficient (Wildman–Crippen LogP) is 4.60. The summed E-state index contributed by atoms with van der Waals surface area (Å²) >= 11 is 6.06. The van der Waals surface area contributed by atoms with Crippen molar-refractivity contribution in [2.24, 2.45) is 5.41 Å². The quantitative estimate of drug-likeness (QED) is 0.769. The molecule has 1 unspecified atom stereocenters. The molecule has 1 aromatic rings. The van der Waals surface area contributed by atoms with Crippen molar-refractivity contribution in [3.63, 3.8) is 0 Å². The van der Waals surface area contributed by atoms with Gasteiger partial charge < -0.3 is 5.11 Å². The second-order valence-corrected chi connectivity index (χ2v) is 5.40. The van der Waals surface area contributed by atoms with E-state index in [1.165, 1.54) is 6.07 Å². The summed E-state index contributed by atoms with van der Waals surface area (Å²) in [5.41, 5.74) is 0.285. The monoisotopic (exact) mass is 272 g/mol. The molecule has 0 spiro atoms. The maximum Gasteiger partial charge on any atom is 0.127 e. The molecule has 0 saturated carbocycles. The van der Waals surface area contributed by atoms with Crippen LogP contribution in [0.15, 0.2) is 18.2 Å². The first-order chi connectivity index (χ1) is 8.58. The van der Waals surface area contributed by atoms with E-state index < -0.39 is 0 Å². The van der Waals surface area contributed by atoms with Crippen LogP contribution in [-0.4, -0.2) is 11.7 Å². The van der Waals surface area contributed by atoms with Crippen molar-refractivity contribution >= 4 is 11.6 Å². The molecule has 1 rings (SSSR count). The summed E-state index contributed by atoms with van der Waals surface area (Å²) in [6.07, 6.45) is 4.36. The molecule has 0 fully saturated rings. The van der Waals surface area contributed by atoms with E-state index in [0.717, 1.165) is 25.7 Å². The van der Waals surface area contributed by atoms with E-state index in [1.54, 1.807) is 12.1 Å². The van der Waals surface area contributed by atoms with Gasteiger partial charge in [0.25, 0.3) is 0 Å². The van der Waals surface area contributed by atoms with Crippen LogP contribution >= 0.6 is 11.6 Å². The lowest BCUT2D eigenvalue weighted by molar-refractivity contribution is 0.106. The third-order valence-electron chi connectivity index (χ3n) is 3.76. The molecule has 0 saturated heterocycles. The number of hydrogen-bond acceptors (Lipinski definition) is 1. The summed E-state index contributed by atoms with van der Waals surface area (Å²) in [4.78, 5) is 0. The van der Waals surface area contributed by atoms with Crippen LogP contribution in [0.4, 0.5) is 4.39 Å². The third-order valence-corrected chi connectivity index (χ3v) is 4.11. The number of benzene rings is 1. The molecule has 18 heavy (non-hydrogen) atoms. The van der Waals surface area contributed by atoms with Crippen LogP contribution < -0.4 is 0 Å². The molecule has 0 aromatic heterocycles. The molecular formula is C15H22ClFO. The highest BCUT2D eigenvalue weighted by atomic mass is 35.5. The Balaban J connectivity index is 2.95. The van der Waals surface area contributed by atoms with Gasteiger partial charge in [0.15, 0.2) is 0 Å². The van der Waals surface area contributed by atoms with Crippen LogP contribution in [0.25, 0.3) is 0 Å². The van der Waals surface area contributed by atoms with Gasteiger partial charge >= 0.3 is 0 Å². The number of rotatable bonds is 7. The van der Waals surface area contributed by atoms with Crippen molar-refractivity contribution in [1.29, 1.82) is 0 Å². The molecule has 0 amide bonds. The zero-order chi connectivity index (χ0) is 13.6. The number of hydrogen-bond donors (Lipinski definition) is 1. The second-order valence-electron chi connectivity index (χ2n) is 4.99. The summed E-state index contributed by atoms with van der Waals surface area (Å²) in [5.74, 6) is -0.273. The van der Waals surface area contributed by atoms with Gasteiger partial charge in [-0.25, -0.2) is 4.39 Å². The standard InChI is InChI=1S/C15H22ClFO/c1-3-5-9-15(4-2,11-18)10-12-13(16)7-6-8-14(12)17/h6-8,18H,3-5,9-11H2,1-2H3. The van der Waals surface area contributed by atoms with E-state index in [1.807, 2.05) is 6.92 Å². The van der Waals surface area contributed by atoms with Crippen LogP contribution in [0.2, 0.25) is 5.02 Å². The van der Waals surface area contributed by atoms with Crippen LogP contribution in [0.1, 0.15) is 45.1 Å². The fraction of sp³-hybridized carbons (Fsp3) is 0.600. The van der Waals surface area contributed by atoms with Gasteiger partial charge in [-0.1, -0.05) is 44.4 Å². The van der Waals surface area contributed by atoms with Gasteiger partial charge in [-0.2, -0.15) is 0 Å². The fourth-order valence-corrected chi connectivity index (χ4v) is 2.49. The molecule has 0 radical (unpaired) electrons. The number of aliphatic hydroxyl groups is 1. The van der Waals surface area contributed by atoms with Gasteiger partial charge in [-0.3, -0.25) is 0 Å². The smallest absolute Gasteiger partial charge is 0.127 e. The first kappa shape index (κ1) is 15.5. The van der Waals surface area contributed by atoms with E-state index in [9.17, 15) is 9.50 Å². The molecular weight excluding hydrogens is 251 g/mol. The minimum atomic E-state index is -0.273. The lowest BCUT2D eigenvalue weighted by Gasteiger charge is -2.31. The van der Waals surface area contributed by atoms with Crippen molar-refractivity contribution in [1.82, 2.24) is 0 Å². The van der Waals surface area contributed by atoms with E-state index in [-0.39, 0.29) is 17.8 Å². The highest BCUT2D eigenvalue weighted by Crippen LogP contribution is 2.35. The normalized spacial score (nSPS) is 14.5. The molecule has 0 aliphatic carbocycles. The van der Waals surface area contributed by atoms with E-state index in [0.29, 0.717) is 17.0 Å². The van der Waals surface area contributed by atoms with Gasteiger partial charge in [0, 0.05) is 17.2 Å². The van der Waals surface area contributed by atoms with Crippen molar-refractivity contribution in [2.75, 3.05) is 6.61 Å². The van der Waals surface area contributed by atoms with Gasteiger partial charge in [0.2, 0.25) is 0 Å². The van der Waals surface area contributed by atoms with Crippen LogP contribution in [0, 0.1) is 11.2 Å². The second kappa shape index (κ2) is 7.10. The summed E-state index contributed by atoms with van der Waals surface area (Å²) in [6, 6.07) is 4.75. The minimum absolute atomic E-state index is 0.0775. The zero-order valence-corrected chi connectivity index (χ0v) is 11.9. The van der Waals surface area contributed by atoms with Gasteiger partial charge in [0.1, 0.15) is 5.82 Å². The number of unbranched alkanes of at least 4 members (excludes halogenated alkanes) is 1. The summed E-state index contributed by atoms with van der Waals surface area (Å²) in [6.45, 7) is 4.24. The lowest BCUT2D eigenvalue weighted by atomic mass is 9.76. The Hall–Kier alpha value is -0.600. The topological polar surface area (TPSA) is 20.2 Å². The molecule has 0 bridgehead atoms. The number of aliphatic hydroxyl groups excluding tert-OH is 1. The average molecular weight is 273 g/mol. The lowest BCUT2D eigenvalue weighted by Crippen LogP contribution is -2.28. The zero-order valence-electron chi connectivity index (χ0n) is 11.2. The van der Waals surface area contributed by atoms with Gasteiger partial charge in [0.05, 0.1) is 0 Å². The molecule has 0 aliphatic rings. The highest BCUT2D eigenvalue weighted by Gasteiger charge is 2.29. The average Bonchev–Trinajstić information content (AvgIpc) is 2.38. The molecule has 1 N–H and O–H groups in total. The highest BCUT2D eigenvalue weighted by molar-refractivity contribution is 6.31. The Kier molecular flexibility index (Phi) is 6.10. The largest absolute Gasteiger partial charge is 0.396 e.